The van der Waals surface area contributed by atoms with Crippen LogP contribution in [0.25, 0.3) is 0 Å². The number of hydrogen-bond acceptors (Lipinski definition) is 2. The van der Waals surface area contributed by atoms with Crippen molar-refractivity contribution >= 4 is 17.6 Å². The molecule has 1 unspecified atom stereocenters. The Labute approximate surface area is 91.4 Å². The van der Waals surface area contributed by atoms with Crippen molar-refractivity contribution in [3.05, 3.63) is 29.0 Å². The molecule has 3 nitrogen and oxygen atoms in total. The van der Waals surface area contributed by atoms with Gasteiger partial charge in [-0.05, 0) is 19.1 Å². The molecule has 0 spiro atoms. The Bertz CT molecular complexity index is 368. The average molecular weight is 233 g/mol. The summed E-state index contributed by atoms with van der Waals surface area (Å²) in [6.45, 7) is 1.55. The van der Waals surface area contributed by atoms with Gasteiger partial charge < -0.3 is 9.84 Å². The fourth-order valence-corrected chi connectivity index (χ4v) is 1.03. The van der Waals surface area contributed by atoms with Crippen molar-refractivity contribution in [1.29, 1.82) is 0 Å². The summed E-state index contributed by atoms with van der Waals surface area (Å²) in [5.74, 6) is -1.73. The van der Waals surface area contributed by atoms with Gasteiger partial charge in [0.15, 0.2) is 0 Å². The predicted molar refractivity (Wildman–Crippen MR) is 53.7 cm³/mol. The highest BCUT2D eigenvalue weighted by Gasteiger charge is 2.11. The predicted octanol–water partition coefficient (Wildman–Crippen LogP) is 2.58. The molecule has 15 heavy (non-hydrogen) atoms. The molecule has 0 fully saturated rings. The lowest BCUT2D eigenvalue weighted by atomic mass is 10.2. The summed E-state index contributed by atoms with van der Waals surface area (Å²) in [6, 6.07) is 3.88. The van der Waals surface area contributed by atoms with Gasteiger partial charge in [-0.2, -0.15) is 0 Å². The van der Waals surface area contributed by atoms with Crippen molar-refractivity contribution < 1.29 is 19.0 Å². The molecule has 0 aliphatic rings. The Morgan fingerprint density at radius 3 is 2.87 bits per heavy atom. The maximum atomic E-state index is 12.7. The summed E-state index contributed by atoms with van der Waals surface area (Å²) in [4.78, 5) is 10.5. The molecule has 1 atom stereocenters. The van der Waals surface area contributed by atoms with Crippen molar-refractivity contribution in [3.8, 4) is 5.75 Å². The third-order valence-electron chi connectivity index (χ3n) is 1.81. The topological polar surface area (TPSA) is 46.5 Å². The quantitative estimate of drug-likeness (QED) is 0.868. The SMILES string of the molecule is CC(COc1ccc(F)c(Cl)c1)C(=O)O. The van der Waals surface area contributed by atoms with E-state index in [1.165, 1.54) is 25.1 Å². The number of benzene rings is 1. The van der Waals surface area contributed by atoms with Crippen LogP contribution in [0.5, 0.6) is 5.75 Å². The molecule has 0 aromatic heterocycles. The zero-order chi connectivity index (χ0) is 11.4. The molecule has 1 rings (SSSR count). The molecule has 1 aromatic rings. The number of rotatable bonds is 4. The van der Waals surface area contributed by atoms with Crippen LogP contribution in [0.15, 0.2) is 18.2 Å². The third kappa shape index (κ3) is 3.40. The Morgan fingerprint density at radius 1 is 1.67 bits per heavy atom. The van der Waals surface area contributed by atoms with Crippen LogP contribution in [0.2, 0.25) is 5.02 Å². The minimum atomic E-state index is -0.941. The molecule has 0 bridgehead atoms. The maximum absolute atomic E-state index is 12.7. The summed E-state index contributed by atoms with van der Waals surface area (Å²) in [5, 5.41) is 8.55. The molecule has 1 aromatic carbocycles. The maximum Gasteiger partial charge on any atom is 0.309 e. The van der Waals surface area contributed by atoms with Gasteiger partial charge in [-0.1, -0.05) is 11.6 Å². The highest BCUT2D eigenvalue weighted by atomic mass is 35.5. The summed E-state index contributed by atoms with van der Waals surface area (Å²) in [6.07, 6.45) is 0. The van der Waals surface area contributed by atoms with Crippen LogP contribution in [0, 0.1) is 11.7 Å². The van der Waals surface area contributed by atoms with Gasteiger partial charge in [-0.25, -0.2) is 4.39 Å². The fourth-order valence-electron chi connectivity index (χ4n) is 0.859. The first-order valence-corrected chi connectivity index (χ1v) is 4.69. The first-order valence-electron chi connectivity index (χ1n) is 4.31. The summed E-state index contributed by atoms with van der Waals surface area (Å²) in [5.41, 5.74) is 0. The van der Waals surface area contributed by atoms with E-state index in [2.05, 4.69) is 0 Å². The lowest BCUT2D eigenvalue weighted by molar-refractivity contribution is -0.142. The van der Waals surface area contributed by atoms with Gasteiger partial charge in [0.1, 0.15) is 18.2 Å². The second kappa shape index (κ2) is 4.98. The minimum absolute atomic E-state index is 0.0251. The Hall–Kier alpha value is -1.29. The molecule has 1 N–H and O–H groups in total. The average Bonchev–Trinajstić information content (AvgIpc) is 2.19. The Balaban J connectivity index is 2.58. The molecule has 0 aliphatic carbocycles. The van der Waals surface area contributed by atoms with Crippen LogP contribution >= 0.6 is 11.6 Å². The molecule has 0 saturated carbocycles. The molecule has 0 saturated heterocycles. The van der Waals surface area contributed by atoms with Gasteiger partial charge in [-0.15, -0.1) is 0 Å². The van der Waals surface area contributed by atoms with Crippen LogP contribution in [0.1, 0.15) is 6.92 Å². The molecule has 0 amide bonds. The van der Waals surface area contributed by atoms with Crippen molar-refractivity contribution in [2.75, 3.05) is 6.61 Å². The molecular weight excluding hydrogens is 223 g/mol. The van der Waals surface area contributed by atoms with E-state index in [1.54, 1.807) is 0 Å². The molecule has 82 valence electrons. The smallest absolute Gasteiger partial charge is 0.309 e. The highest BCUT2D eigenvalue weighted by Crippen LogP contribution is 2.21. The lowest BCUT2D eigenvalue weighted by Crippen LogP contribution is -2.17. The highest BCUT2D eigenvalue weighted by molar-refractivity contribution is 6.30. The number of carboxylic acids is 1. The van der Waals surface area contributed by atoms with Crippen LogP contribution in [-0.4, -0.2) is 17.7 Å². The Kier molecular flexibility index (Phi) is 3.91. The van der Waals surface area contributed by atoms with Crippen molar-refractivity contribution in [2.45, 2.75) is 6.92 Å². The largest absolute Gasteiger partial charge is 0.493 e. The van der Waals surface area contributed by atoms with Gasteiger partial charge in [0.25, 0.3) is 0 Å². The lowest BCUT2D eigenvalue weighted by Gasteiger charge is -2.09. The summed E-state index contributed by atoms with van der Waals surface area (Å²) < 4.78 is 17.9. The number of carboxylic acid groups (broad SMARTS) is 1. The number of carbonyl (C=O) groups is 1. The second-order valence-electron chi connectivity index (χ2n) is 3.13. The van der Waals surface area contributed by atoms with E-state index in [1.807, 2.05) is 0 Å². The van der Waals surface area contributed by atoms with Crippen molar-refractivity contribution in [3.63, 3.8) is 0 Å². The van der Waals surface area contributed by atoms with Crippen molar-refractivity contribution in [1.82, 2.24) is 0 Å². The number of halogens is 2. The number of hydrogen-bond donors (Lipinski definition) is 1. The van der Waals surface area contributed by atoms with E-state index in [-0.39, 0.29) is 11.6 Å². The van der Waals surface area contributed by atoms with Crippen LogP contribution in [-0.2, 0) is 4.79 Å². The number of ether oxygens (including phenoxy) is 1. The van der Waals surface area contributed by atoms with Gasteiger partial charge in [0.05, 0.1) is 10.9 Å². The minimum Gasteiger partial charge on any atom is -0.493 e. The van der Waals surface area contributed by atoms with Crippen LogP contribution < -0.4 is 4.74 Å². The van der Waals surface area contributed by atoms with E-state index < -0.39 is 17.7 Å². The first-order chi connectivity index (χ1) is 7.00. The molecule has 0 radical (unpaired) electrons. The first kappa shape index (κ1) is 11.8. The van der Waals surface area contributed by atoms with Gasteiger partial charge in [0, 0.05) is 6.07 Å². The van der Waals surface area contributed by atoms with Gasteiger partial charge >= 0.3 is 5.97 Å². The molecular formula is C10H10ClFO3. The summed E-state index contributed by atoms with van der Waals surface area (Å²) >= 11 is 5.52. The summed E-state index contributed by atoms with van der Waals surface area (Å²) in [7, 11) is 0. The fraction of sp³-hybridized carbons (Fsp3) is 0.300. The van der Waals surface area contributed by atoms with Crippen LogP contribution in [0.4, 0.5) is 4.39 Å². The number of aliphatic carboxylic acids is 1. The third-order valence-corrected chi connectivity index (χ3v) is 2.10. The van der Waals surface area contributed by atoms with Gasteiger partial charge in [0.2, 0.25) is 0 Å². The molecule has 0 heterocycles. The monoisotopic (exact) mass is 232 g/mol. The standard InChI is InChI=1S/C10H10ClFO3/c1-6(10(13)14)5-15-7-2-3-9(12)8(11)4-7/h2-4,6H,5H2,1H3,(H,13,14). The van der Waals surface area contributed by atoms with Crippen molar-refractivity contribution in [2.24, 2.45) is 5.92 Å². The molecule has 5 heteroatoms. The van der Waals surface area contributed by atoms with E-state index >= 15 is 0 Å². The van der Waals surface area contributed by atoms with E-state index in [4.69, 9.17) is 21.4 Å². The van der Waals surface area contributed by atoms with E-state index in [9.17, 15) is 9.18 Å². The second-order valence-corrected chi connectivity index (χ2v) is 3.53. The van der Waals surface area contributed by atoms with Crippen LogP contribution in [0.3, 0.4) is 0 Å². The zero-order valence-corrected chi connectivity index (χ0v) is 8.79. The molecule has 0 aliphatic heterocycles. The van der Waals surface area contributed by atoms with E-state index in [0.29, 0.717) is 5.75 Å². The zero-order valence-electron chi connectivity index (χ0n) is 8.04. The van der Waals surface area contributed by atoms with E-state index in [0.717, 1.165) is 0 Å². The normalized spacial score (nSPS) is 12.2. The Morgan fingerprint density at radius 2 is 2.33 bits per heavy atom. The van der Waals surface area contributed by atoms with Gasteiger partial charge in [-0.3, -0.25) is 4.79 Å².